The van der Waals surface area contributed by atoms with Crippen molar-refractivity contribution >= 4 is 43.2 Å². The molecule has 2 heterocycles. The molecule has 1 fully saturated rings. The third-order valence-electron chi connectivity index (χ3n) is 4.48. The van der Waals surface area contributed by atoms with Gasteiger partial charge in [0.1, 0.15) is 0 Å². The standard InChI is InChI=1S/C16H21N3O4S2/c1-3-19-13-7-6-12(9-14(13)24-16(19)21)17-15(20)11-5-4-8-18(10-11)25(2,22)23/h6-7,9,11H,3-5,8,10H2,1-2H3,(H,17,20). The van der Waals surface area contributed by atoms with E-state index < -0.39 is 10.0 Å². The lowest BCUT2D eigenvalue weighted by atomic mass is 9.98. The Morgan fingerprint density at radius 1 is 1.40 bits per heavy atom. The van der Waals surface area contributed by atoms with Crippen molar-refractivity contribution in [2.75, 3.05) is 24.7 Å². The number of carbonyl (C=O) groups is 1. The number of rotatable bonds is 4. The number of thiazole rings is 1. The molecule has 7 nitrogen and oxygen atoms in total. The highest BCUT2D eigenvalue weighted by Crippen LogP contribution is 2.24. The number of anilines is 1. The van der Waals surface area contributed by atoms with E-state index in [0.717, 1.165) is 21.6 Å². The summed E-state index contributed by atoms with van der Waals surface area (Å²) in [5.41, 5.74) is 1.48. The molecule has 1 aliphatic heterocycles. The maximum absolute atomic E-state index is 12.5. The topological polar surface area (TPSA) is 88.5 Å². The predicted octanol–water partition coefficient (Wildman–Crippen LogP) is 1.69. The molecule has 0 spiro atoms. The fraction of sp³-hybridized carbons (Fsp3) is 0.500. The predicted molar refractivity (Wildman–Crippen MR) is 99.5 cm³/mol. The van der Waals surface area contributed by atoms with Crippen molar-refractivity contribution in [1.29, 1.82) is 0 Å². The zero-order chi connectivity index (χ0) is 18.2. The van der Waals surface area contributed by atoms with Crippen LogP contribution in [-0.4, -0.2) is 42.5 Å². The van der Waals surface area contributed by atoms with E-state index in [-0.39, 0.29) is 23.2 Å². The van der Waals surface area contributed by atoms with Crippen LogP contribution in [0.1, 0.15) is 19.8 Å². The fourth-order valence-corrected chi connectivity index (χ4v) is 5.05. The first-order chi connectivity index (χ1) is 11.8. The molecular weight excluding hydrogens is 362 g/mol. The van der Waals surface area contributed by atoms with Gasteiger partial charge in [0.2, 0.25) is 15.9 Å². The SMILES string of the molecule is CCn1c(=O)sc2cc(NC(=O)C3CCCN(S(C)(=O)=O)C3)ccc21. The third-order valence-corrected chi connectivity index (χ3v) is 6.69. The van der Waals surface area contributed by atoms with Crippen LogP contribution in [0.5, 0.6) is 0 Å². The molecular formula is C16H21N3O4S2. The smallest absolute Gasteiger partial charge is 0.308 e. The minimum atomic E-state index is -3.28. The van der Waals surface area contributed by atoms with Crippen LogP contribution in [0.4, 0.5) is 5.69 Å². The largest absolute Gasteiger partial charge is 0.326 e. The summed E-state index contributed by atoms with van der Waals surface area (Å²) >= 11 is 1.15. The molecule has 0 radical (unpaired) electrons. The van der Waals surface area contributed by atoms with Gasteiger partial charge in [0.05, 0.1) is 22.4 Å². The Labute approximate surface area is 150 Å². The van der Waals surface area contributed by atoms with Crippen molar-refractivity contribution in [1.82, 2.24) is 8.87 Å². The molecule has 1 aromatic carbocycles. The molecule has 1 amide bonds. The van der Waals surface area contributed by atoms with E-state index in [2.05, 4.69) is 5.32 Å². The first-order valence-electron chi connectivity index (χ1n) is 8.19. The molecule has 0 aliphatic carbocycles. The van der Waals surface area contributed by atoms with E-state index in [1.807, 2.05) is 13.0 Å². The van der Waals surface area contributed by atoms with Crippen LogP contribution in [0.2, 0.25) is 0 Å². The number of hydrogen-bond acceptors (Lipinski definition) is 5. The van der Waals surface area contributed by atoms with Crippen LogP contribution in [0, 0.1) is 5.92 Å². The first-order valence-corrected chi connectivity index (χ1v) is 10.9. The van der Waals surface area contributed by atoms with Crippen LogP contribution in [0.15, 0.2) is 23.0 Å². The van der Waals surface area contributed by atoms with Crippen LogP contribution in [-0.2, 0) is 21.4 Å². The average molecular weight is 383 g/mol. The molecule has 1 aromatic heterocycles. The molecule has 25 heavy (non-hydrogen) atoms. The van der Waals surface area contributed by atoms with E-state index >= 15 is 0 Å². The van der Waals surface area contributed by atoms with Crippen molar-refractivity contribution in [3.8, 4) is 0 Å². The summed E-state index contributed by atoms with van der Waals surface area (Å²) in [5, 5.41) is 2.86. The quantitative estimate of drug-likeness (QED) is 0.870. The number of nitrogens with one attached hydrogen (secondary N) is 1. The zero-order valence-electron chi connectivity index (χ0n) is 14.2. The second-order valence-corrected chi connectivity index (χ2v) is 9.22. The van der Waals surface area contributed by atoms with Crippen molar-refractivity contribution in [2.45, 2.75) is 26.3 Å². The molecule has 1 saturated heterocycles. The Morgan fingerprint density at radius 2 is 2.16 bits per heavy atom. The Morgan fingerprint density at radius 3 is 2.84 bits per heavy atom. The molecule has 2 aromatic rings. The summed E-state index contributed by atoms with van der Waals surface area (Å²) in [7, 11) is -3.28. The van der Waals surface area contributed by atoms with E-state index in [1.165, 1.54) is 10.6 Å². The number of nitrogens with zero attached hydrogens (tertiary/aromatic N) is 2. The first kappa shape index (κ1) is 18.1. The Kier molecular flexibility index (Phi) is 4.99. The highest BCUT2D eigenvalue weighted by Gasteiger charge is 2.30. The molecule has 0 saturated carbocycles. The lowest BCUT2D eigenvalue weighted by Crippen LogP contribution is -2.43. The number of hydrogen-bond donors (Lipinski definition) is 1. The number of carbonyl (C=O) groups excluding carboxylic acids is 1. The monoisotopic (exact) mass is 383 g/mol. The van der Waals surface area contributed by atoms with Gasteiger partial charge in [-0.25, -0.2) is 12.7 Å². The van der Waals surface area contributed by atoms with Gasteiger partial charge >= 0.3 is 4.87 Å². The van der Waals surface area contributed by atoms with Crippen LogP contribution < -0.4 is 10.2 Å². The normalized spacial score (nSPS) is 19.2. The fourth-order valence-electron chi connectivity index (χ4n) is 3.15. The maximum atomic E-state index is 12.5. The van der Waals surface area contributed by atoms with Gasteiger partial charge in [-0.15, -0.1) is 0 Å². The zero-order valence-corrected chi connectivity index (χ0v) is 15.8. The lowest BCUT2D eigenvalue weighted by Gasteiger charge is -2.30. The molecule has 1 N–H and O–H groups in total. The van der Waals surface area contributed by atoms with Crippen molar-refractivity contribution in [3.05, 3.63) is 27.9 Å². The summed E-state index contributed by atoms with van der Waals surface area (Å²) in [6, 6.07) is 5.40. The van der Waals surface area contributed by atoms with Gasteiger partial charge in [-0.05, 0) is 38.0 Å². The van der Waals surface area contributed by atoms with Gasteiger partial charge in [0, 0.05) is 25.3 Å². The second kappa shape index (κ2) is 6.89. The Bertz CT molecular complexity index is 961. The highest BCUT2D eigenvalue weighted by molar-refractivity contribution is 7.88. The minimum Gasteiger partial charge on any atom is -0.326 e. The number of sulfonamides is 1. The number of amides is 1. The molecule has 0 bridgehead atoms. The summed E-state index contributed by atoms with van der Waals surface area (Å²) in [4.78, 5) is 24.4. The Balaban J connectivity index is 1.76. The number of fused-ring (bicyclic) bond motifs is 1. The highest BCUT2D eigenvalue weighted by atomic mass is 32.2. The molecule has 1 atom stereocenters. The molecule has 1 unspecified atom stereocenters. The van der Waals surface area contributed by atoms with E-state index in [1.54, 1.807) is 16.7 Å². The van der Waals surface area contributed by atoms with Crippen LogP contribution in [0.3, 0.4) is 0 Å². The molecule has 9 heteroatoms. The average Bonchev–Trinajstić information content (AvgIpc) is 2.88. The van der Waals surface area contributed by atoms with Crippen molar-refractivity contribution in [2.24, 2.45) is 5.92 Å². The van der Waals surface area contributed by atoms with Gasteiger partial charge in [-0.2, -0.15) is 0 Å². The van der Waals surface area contributed by atoms with E-state index in [4.69, 9.17) is 0 Å². The molecule has 1 aliphatic rings. The summed E-state index contributed by atoms with van der Waals surface area (Å²) in [6.45, 7) is 3.20. The number of aryl methyl sites for hydroxylation is 1. The van der Waals surface area contributed by atoms with Gasteiger partial charge in [-0.1, -0.05) is 11.3 Å². The molecule has 3 rings (SSSR count). The maximum Gasteiger partial charge on any atom is 0.308 e. The van der Waals surface area contributed by atoms with Gasteiger partial charge in [0.15, 0.2) is 0 Å². The van der Waals surface area contributed by atoms with Crippen molar-refractivity contribution in [3.63, 3.8) is 0 Å². The third kappa shape index (κ3) is 3.78. The molecule has 136 valence electrons. The van der Waals surface area contributed by atoms with Crippen LogP contribution in [0.25, 0.3) is 10.2 Å². The lowest BCUT2D eigenvalue weighted by molar-refractivity contribution is -0.120. The minimum absolute atomic E-state index is 0.0166. The summed E-state index contributed by atoms with van der Waals surface area (Å²) in [5.74, 6) is -0.548. The van der Waals surface area contributed by atoms with E-state index in [0.29, 0.717) is 31.6 Å². The van der Waals surface area contributed by atoms with Crippen molar-refractivity contribution < 1.29 is 13.2 Å². The summed E-state index contributed by atoms with van der Waals surface area (Å²) in [6.07, 6.45) is 2.51. The number of piperidine rings is 1. The number of aromatic nitrogens is 1. The Hall–Kier alpha value is -1.71. The van der Waals surface area contributed by atoms with Gasteiger partial charge < -0.3 is 5.32 Å². The van der Waals surface area contributed by atoms with E-state index in [9.17, 15) is 18.0 Å². The van der Waals surface area contributed by atoms with Gasteiger partial charge in [-0.3, -0.25) is 14.2 Å². The second-order valence-electron chi connectivity index (χ2n) is 6.24. The number of benzene rings is 1. The van der Waals surface area contributed by atoms with Crippen LogP contribution >= 0.6 is 11.3 Å². The van der Waals surface area contributed by atoms with Gasteiger partial charge in [0.25, 0.3) is 0 Å². The summed E-state index contributed by atoms with van der Waals surface area (Å²) < 4.78 is 27.2.